The second-order valence-electron chi connectivity index (χ2n) is 7.51. The molecule has 0 N–H and O–H groups in total. The molecule has 0 saturated carbocycles. The molecule has 0 aromatic heterocycles. The lowest BCUT2D eigenvalue weighted by Gasteiger charge is -2.12. The van der Waals surface area contributed by atoms with Crippen LogP contribution in [0.2, 0.25) is 5.02 Å². The molecular formula is C24H14ClF3N2O5S. The number of rotatable bonds is 6. The molecule has 1 fully saturated rings. The topological polar surface area (TPSA) is 89.7 Å². The van der Waals surface area contributed by atoms with Crippen LogP contribution in [0.5, 0.6) is 11.5 Å². The van der Waals surface area contributed by atoms with Crippen molar-refractivity contribution in [3.8, 4) is 11.5 Å². The maximum atomic E-state index is 12.9. The number of nitro benzene ring substituents is 1. The third kappa shape index (κ3) is 5.69. The Morgan fingerprint density at radius 1 is 1.06 bits per heavy atom. The number of hydrogen-bond donors (Lipinski definition) is 0. The van der Waals surface area contributed by atoms with Crippen LogP contribution in [0, 0.1) is 10.1 Å². The third-order valence-corrected chi connectivity index (χ3v) is 6.15. The number of thioether (sulfide) groups is 1. The SMILES string of the molecule is O=C1S/C(=C\c2cccc(Oc3ccc(C(F)(F)F)cc3[N+](=O)[O-])c2)C(=O)N1Cc1ccc(Cl)cc1. The first-order valence-corrected chi connectivity index (χ1v) is 11.3. The number of imide groups is 1. The summed E-state index contributed by atoms with van der Waals surface area (Å²) in [5, 5.41) is 11.4. The average molecular weight is 535 g/mol. The molecule has 184 valence electrons. The van der Waals surface area contributed by atoms with Crippen LogP contribution < -0.4 is 4.74 Å². The first kappa shape index (κ1) is 25.3. The number of amides is 2. The first-order valence-electron chi connectivity index (χ1n) is 10.1. The summed E-state index contributed by atoms with van der Waals surface area (Å²) >= 11 is 6.62. The summed E-state index contributed by atoms with van der Waals surface area (Å²) in [7, 11) is 0. The van der Waals surface area contributed by atoms with Gasteiger partial charge in [0.25, 0.3) is 11.1 Å². The van der Waals surface area contributed by atoms with Crippen molar-refractivity contribution < 1.29 is 32.4 Å². The van der Waals surface area contributed by atoms with Gasteiger partial charge in [-0.05, 0) is 65.4 Å². The predicted octanol–water partition coefficient (Wildman–Crippen LogP) is 7.30. The van der Waals surface area contributed by atoms with Crippen LogP contribution in [0.1, 0.15) is 16.7 Å². The molecule has 36 heavy (non-hydrogen) atoms. The zero-order valence-electron chi connectivity index (χ0n) is 18.0. The summed E-state index contributed by atoms with van der Waals surface area (Å²) in [6.45, 7) is 0.0694. The van der Waals surface area contributed by atoms with Crippen LogP contribution in [0.3, 0.4) is 0 Å². The molecule has 4 rings (SSSR count). The Kier molecular flexibility index (Phi) is 7.04. The fourth-order valence-corrected chi connectivity index (χ4v) is 4.24. The molecule has 1 saturated heterocycles. The molecule has 3 aromatic rings. The molecule has 0 unspecified atom stereocenters. The third-order valence-electron chi connectivity index (χ3n) is 4.99. The zero-order valence-corrected chi connectivity index (χ0v) is 19.6. The molecule has 0 radical (unpaired) electrons. The minimum atomic E-state index is -4.75. The minimum absolute atomic E-state index is 0.0694. The van der Waals surface area contributed by atoms with E-state index in [0.717, 1.165) is 28.3 Å². The van der Waals surface area contributed by atoms with Crippen molar-refractivity contribution in [3.05, 3.63) is 103 Å². The Morgan fingerprint density at radius 3 is 2.44 bits per heavy atom. The van der Waals surface area contributed by atoms with Gasteiger partial charge in [0.05, 0.1) is 21.9 Å². The van der Waals surface area contributed by atoms with Crippen LogP contribution in [0.15, 0.2) is 71.6 Å². The lowest BCUT2D eigenvalue weighted by Crippen LogP contribution is -2.27. The van der Waals surface area contributed by atoms with Crippen LogP contribution >= 0.6 is 23.4 Å². The number of halogens is 4. The van der Waals surface area contributed by atoms with Gasteiger partial charge in [0.15, 0.2) is 0 Å². The van der Waals surface area contributed by atoms with E-state index in [1.807, 2.05) is 0 Å². The number of alkyl halides is 3. The van der Waals surface area contributed by atoms with Crippen molar-refractivity contribution in [1.82, 2.24) is 4.90 Å². The molecular weight excluding hydrogens is 521 g/mol. The number of carbonyl (C=O) groups excluding carboxylic acids is 2. The molecule has 1 heterocycles. The number of carbonyl (C=O) groups is 2. The monoisotopic (exact) mass is 534 g/mol. The van der Waals surface area contributed by atoms with E-state index in [1.54, 1.807) is 30.3 Å². The fourth-order valence-electron chi connectivity index (χ4n) is 3.28. The molecule has 0 aliphatic carbocycles. The molecule has 0 spiro atoms. The summed E-state index contributed by atoms with van der Waals surface area (Å²) in [5.41, 5.74) is -0.862. The second kappa shape index (κ2) is 10.0. The Morgan fingerprint density at radius 2 is 1.78 bits per heavy atom. The normalized spacial score (nSPS) is 15.0. The predicted molar refractivity (Wildman–Crippen MR) is 128 cm³/mol. The largest absolute Gasteiger partial charge is 0.450 e. The molecule has 7 nitrogen and oxygen atoms in total. The van der Waals surface area contributed by atoms with E-state index in [1.165, 1.54) is 24.3 Å². The highest BCUT2D eigenvalue weighted by atomic mass is 35.5. The maximum Gasteiger partial charge on any atom is 0.416 e. The maximum absolute atomic E-state index is 12.9. The van der Waals surface area contributed by atoms with Gasteiger partial charge in [-0.15, -0.1) is 0 Å². The van der Waals surface area contributed by atoms with Crippen LogP contribution in [0.4, 0.5) is 23.7 Å². The molecule has 1 aliphatic rings. The van der Waals surface area contributed by atoms with E-state index in [9.17, 15) is 32.9 Å². The highest BCUT2D eigenvalue weighted by Gasteiger charge is 2.35. The van der Waals surface area contributed by atoms with Gasteiger partial charge >= 0.3 is 11.9 Å². The molecule has 12 heteroatoms. The second-order valence-corrected chi connectivity index (χ2v) is 8.94. The number of nitro groups is 1. The summed E-state index contributed by atoms with van der Waals surface area (Å²) in [4.78, 5) is 36.8. The Labute approximate surface area is 211 Å². The molecule has 3 aromatic carbocycles. The highest BCUT2D eigenvalue weighted by Crippen LogP contribution is 2.38. The van der Waals surface area contributed by atoms with E-state index < -0.39 is 33.5 Å². The lowest BCUT2D eigenvalue weighted by molar-refractivity contribution is -0.385. The average Bonchev–Trinajstić information content (AvgIpc) is 3.07. The van der Waals surface area contributed by atoms with Gasteiger partial charge < -0.3 is 4.74 Å². The summed E-state index contributed by atoms with van der Waals surface area (Å²) in [6, 6.07) is 14.7. The van der Waals surface area contributed by atoms with Crippen molar-refractivity contribution in [2.24, 2.45) is 0 Å². The molecule has 1 aliphatic heterocycles. The van der Waals surface area contributed by atoms with Gasteiger partial charge in [0, 0.05) is 11.1 Å². The quantitative estimate of drug-likeness (QED) is 0.187. The Bertz CT molecular complexity index is 1390. The van der Waals surface area contributed by atoms with Gasteiger partial charge in [0.2, 0.25) is 5.75 Å². The van der Waals surface area contributed by atoms with Crippen molar-refractivity contribution in [3.63, 3.8) is 0 Å². The first-order chi connectivity index (χ1) is 17.0. The van der Waals surface area contributed by atoms with Crippen molar-refractivity contribution in [2.75, 3.05) is 0 Å². The fraction of sp³-hybridized carbons (Fsp3) is 0.0833. The molecule has 0 atom stereocenters. The van der Waals surface area contributed by atoms with E-state index in [0.29, 0.717) is 22.7 Å². The van der Waals surface area contributed by atoms with Crippen LogP contribution in [-0.2, 0) is 17.5 Å². The van der Waals surface area contributed by atoms with E-state index in [4.69, 9.17) is 16.3 Å². The Balaban J connectivity index is 1.55. The van der Waals surface area contributed by atoms with Gasteiger partial charge in [-0.25, -0.2) is 0 Å². The smallest absolute Gasteiger partial charge is 0.416 e. The highest BCUT2D eigenvalue weighted by molar-refractivity contribution is 8.18. The standard InChI is InChI=1S/C24H14ClF3N2O5S/c25-17-7-4-14(5-8-17)13-29-22(31)21(36-23(29)32)11-15-2-1-3-18(10-15)35-20-9-6-16(24(26,27)28)12-19(20)30(33)34/h1-12H,13H2/b21-11-. The summed E-state index contributed by atoms with van der Waals surface area (Å²) in [6.07, 6.45) is -3.29. The minimum Gasteiger partial charge on any atom is -0.450 e. The van der Waals surface area contributed by atoms with Crippen LogP contribution in [0.25, 0.3) is 6.08 Å². The van der Waals surface area contributed by atoms with Crippen molar-refractivity contribution in [1.29, 1.82) is 0 Å². The summed E-state index contributed by atoms with van der Waals surface area (Å²) < 4.78 is 44.3. The van der Waals surface area contributed by atoms with Crippen LogP contribution in [-0.4, -0.2) is 21.0 Å². The van der Waals surface area contributed by atoms with Gasteiger partial charge in [-0.3, -0.25) is 24.6 Å². The Hall–Kier alpha value is -3.83. The summed E-state index contributed by atoms with van der Waals surface area (Å²) in [5.74, 6) is -0.787. The van der Waals surface area contributed by atoms with E-state index in [-0.39, 0.29) is 22.9 Å². The van der Waals surface area contributed by atoms with Crippen molar-refractivity contribution in [2.45, 2.75) is 12.7 Å². The lowest BCUT2D eigenvalue weighted by atomic mass is 10.1. The van der Waals surface area contributed by atoms with Gasteiger partial charge in [-0.1, -0.05) is 35.9 Å². The van der Waals surface area contributed by atoms with Gasteiger partial charge in [0.1, 0.15) is 5.75 Å². The molecule has 0 bridgehead atoms. The zero-order chi connectivity index (χ0) is 26.0. The van der Waals surface area contributed by atoms with E-state index >= 15 is 0 Å². The van der Waals surface area contributed by atoms with E-state index in [2.05, 4.69) is 0 Å². The number of hydrogen-bond acceptors (Lipinski definition) is 6. The van der Waals surface area contributed by atoms with Crippen molar-refractivity contribution >= 4 is 46.3 Å². The molecule has 2 amide bonds. The number of benzene rings is 3. The van der Waals surface area contributed by atoms with Gasteiger partial charge in [-0.2, -0.15) is 13.2 Å². The number of ether oxygens (including phenoxy) is 1. The number of nitrogens with zero attached hydrogens (tertiary/aromatic N) is 2.